The summed E-state index contributed by atoms with van der Waals surface area (Å²) < 4.78 is 12.0. The first kappa shape index (κ1) is 22.8. The fourth-order valence-electron chi connectivity index (χ4n) is 5.41. The molecule has 2 aliphatic carbocycles. The minimum Gasteiger partial charge on any atom is -0.493 e. The van der Waals surface area contributed by atoms with Crippen molar-refractivity contribution in [2.75, 3.05) is 6.61 Å². The summed E-state index contributed by atoms with van der Waals surface area (Å²) in [4.78, 5) is 31.8. The SMILES string of the molecule is CCCOc1ccccc1[C@H]1C2=C(CC(C)(C)CC2=O)N=C(C)[C@H]1C(=O)OC1CCCC1. The highest BCUT2D eigenvalue weighted by Gasteiger charge is 2.47. The third-order valence-corrected chi connectivity index (χ3v) is 6.86. The first-order valence-electron chi connectivity index (χ1n) is 12.0. The number of hydrogen-bond donors (Lipinski definition) is 0. The first-order chi connectivity index (χ1) is 15.3. The number of para-hydroxylation sites is 1. The van der Waals surface area contributed by atoms with Crippen molar-refractivity contribution >= 4 is 17.5 Å². The lowest BCUT2D eigenvalue weighted by Crippen LogP contribution is -2.40. The van der Waals surface area contributed by atoms with Crippen LogP contribution in [0.1, 0.15) is 84.1 Å². The van der Waals surface area contributed by atoms with E-state index in [1.54, 1.807) is 0 Å². The summed E-state index contributed by atoms with van der Waals surface area (Å²) in [5.41, 5.74) is 2.97. The molecule has 0 N–H and O–H groups in total. The van der Waals surface area contributed by atoms with Crippen LogP contribution in [0.3, 0.4) is 0 Å². The van der Waals surface area contributed by atoms with Crippen molar-refractivity contribution in [3.8, 4) is 5.75 Å². The van der Waals surface area contributed by atoms with Gasteiger partial charge in [-0.15, -0.1) is 0 Å². The number of nitrogens with zero attached hydrogens (tertiary/aromatic N) is 1. The van der Waals surface area contributed by atoms with E-state index in [2.05, 4.69) is 20.8 Å². The summed E-state index contributed by atoms with van der Waals surface area (Å²) in [6.45, 7) is 8.76. The van der Waals surface area contributed by atoms with E-state index >= 15 is 0 Å². The molecule has 1 aromatic rings. The molecular weight excluding hydrogens is 402 g/mol. The zero-order valence-electron chi connectivity index (χ0n) is 19.8. The van der Waals surface area contributed by atoms with E-state index in [0.29, 0.717) is 18.6 Å². The number of carbonyl (C=O) groups excluding carboxylic acids is 2. The lowest BCUT2D eigenvalue weighted by atomic mass is 9.66. The van der Waals surface area contributed by atoms with E-state index in [1.165, 1.54) is 0 Å². The smallest absolute Gasteiger partial charge is 0.315 e. The van der Waals surface area contributed by atoms with Gasteiger partial charge >= 0.3 is 5.97 Å². The molecule has 0 radical (unpaired) electrons. The van der Waals surface area contributed by atoms with Crippen LogP contribution in [0.5, 0.6) is 5.75 Å². The predicted octanol–water partition coefficient (Wildman–Crippen LogP) is 5.78. The van der Waals surface area contributed by atoms with Gasteiger partial charge in [0.05, 0.1) is 6.61 Å². The van der Waals surface area contributed by atoms with E-state index in [9.17, 15) is 9.59 Å². The average Bonchev–Trinajstić information content (AvgIpc) is 3.23. The van der Waals surface area contributed by atoms with Crippen molar-refractivity contribution in [3.05, 3.63) is 41.1 Å². The summed E-state index contributed by atoms with van der Waals surface area (Å²) in [5.74, 6) is -0.477. The van der Waals surface area contributed by atoms with E-state index in [4.69, 9.17) is 14.5 Å². The molecular formula is C27H35NO4. The van der Waals surface area contributed by atoms with Crippen molar-refractivity contribution in [1.29, 1.82) is 0 Å². The van der Waals surface area contributed by atoms with Crippen molar-refractivity contribution < 1.29 is 19.1 Å². The van der Waals surface area contributed by atoms with Gasteiger partial charge in [-0.2, -0.15) is 0 Å². The summed E-state index contributed by atoms with van der Waals surface area (Å²) in [6.07, 6.45) is 6.05. The van der Waals surface area contributed by atoms with Gasteiger partial charge in [-0.05, 0) is 56.9 Å². The summed E-state index contributed by atoms with van der Waals surface area (Å²) >= 11 is 0. The number of ether oxygens (including phenoxy) is 2. The fourth-order valence-corrected chi connectivity index (χ4v) is 5.41. The standard InChI is InChI=1S/C27H35NO4/c1-5-14-31-22-13-9-8-12-19(22)24-23(26(30)32-18-10-6-7-11-18)17(2)28-20-15-27(3,4)16-21(29)25(20)24/h8-9,12-13,18,23-24H,5-7,10-11,14-16H2,1-4H3/t23-,24-/m1/s1. The van der Waals surface area contributed by atoms with E-state index in [0.717, 1.165) is 61.2 Å². The molecule has 172 valence electrons. The van der Waals surface area contributed by atoms with Gasteiger partial charge in [-0.1, -0.05) is 39.0 Å². The number of allylic oxidation sites excluding steroid dienone is 2. The fraction of sp³-hybridized carbons (Fsp3) is 0.593. The summed E-state index contributed by atoms with van der Waals surface area (Å²) in [6, 6.07) is 7.81. The number of carbonyl (C=O) groups is 2. The third-order valence-electron chi connectivity index (χ3n) is 6.86. The molecule has 5 heteroatoms. The zero-order valence-corrected chi connectivity index (χ0v) is 19.8. The number of hydrogen-bond acceptors (Lipinski definition) is 5. The van der Waals surface area contributed by atoms with Gasteiger partial charge in [0.25, 0.3) is 0 Å². The molecule has 1 aromatic carbocycles. The van der Waals surface area contributed by atoms with E-state index in [-0.39, 0.29) is 23.3 Å². The highest BCUT2D eigenvalue weighted by molar-refractivity contribution is 6.09. The van der Waals surface area contributed by atoms with Gasteiger partial charge in [-0.3, -0.25) is 14.6 Å². The maximum atomic E-state index is 13.5. The Hall–Kier alpha value is -2.43. The van der Waals surface area contributed by atoms with Crippen LogP contribution in [-0.4, -0.2) is 30.2 Å². The Morgan fingerprint density at radius 1 is 1.16 bits per heavy atom. The minimum absolute atomic E-state index is 0.0288. The van der Waals surface area contributed by atoms with Crippen LogP contribution in [0.15, 0.2) is 40.5 Å². The number of ketones is 1. The predicted molar refractivity (Wildman–Crippen MR) is 125 cm³/mol. The Balaban J connectivity index is 1.80. The molecule has 1 fully saturated rings. The number of rotatable bonds is 6. The van der Waals surface area contributed by atoms with Gasteiger partial charge in [-0.25, -0.2) is 0 Å². The van der Waals surface area contributed by atoms with Crippen LogP contribution in [0.25, 0.3) is 0 Å². The zero-order chi connectivity index (χ0) is 22.9. The third kappa shape index (κ3) is 4.53. The largest absolute Gasteiger partial charge is 0.493 e. The van der Waals surface area contributed by atoms with Crippen LogP contribution in [-0.2, 0) is 14.3 Å². The summed E-state index contributed by atoms with van der Waals surface area (Å²) in [7, 11) is 0. The van der Waals surface area contributed by atoms with E-state index < -0.39 is 11.8 Å². The van der Waals surface area contributed by atoms with Crippen LogP contribution >= 0.6 is 0 Å². The monoisotopic (exact) mass is 437 g/mol. The second-order valence-electron chi connectivity index (χ2n) is 10.2. The van der Waals surface area contributed by atoms with E-state index in [1.807, 2.05) is 31.2 Å². The van der Waals surface area contributed by atoms with Crippen LogP contribution in [0, 0.1) is 11.3 Å². The van der Waals surface area contributed by atoms with Gasteiger partial charge in [0.15, 0.2) is 5.78 Å². The van der Waals surface area contributed by atoms with Crippen molar-refractivity contribution in [2.24, 2.45) is 16.3 Å². The molecule has 1 aliphatic heterocycles. The maximum Gasteiger partial charge on any atom is 0.315 e. The highest BCUT2D eigenvalue weighted by Crippen LogP contribution is 2.49. The highest BCUT2D eigenvalue weighted by atomic mass is 16.5. The van der Waals surface area contributed by atoms with Crippen LogP contribution in [0.2, 0.25) is 0 Å². The Kier molecular flexibility index (Phi) is 6.55. The molecule has 0 aromatic heterocycles. The second kappa shape index (κ2) is 9.21. The van der Waals surface area contributed by atoms with Crippen LogP contribution < -0.4 is 4.74 Å². The lowest BCUT2D eigenvalue weighted by Gasteiger charge is -2.39. The van der Waals surface area contributed by atoms with Crippen molar-refractivity contribution in [1.82, 2.24) is 0 Å². The molecule has 3 aliphatic rings. The molecule has 5 nitrogen and oxygen atoms in total. The number of aliphatic imine (C=N–C) groups is 1. The molecule has 4 rings (SSSR count). The number of Topliss-reactive ketones (excluding diaryl/α,β-unsaturated/α-hetero) is 1. The summed E-state index contributed by atoms with van der Waals surface area (Å²) in [5, 5.41) is 0. The Morgan fingerprint density at radius 2 is 1.88 bits per heavy atom. The number of esters is 1. The maximum absolute atomic E-state index is 13.5. The van der Waals surface area contributed by atoms with Crippen molar-refractivity contribution in [3.63, 3.8) is 0 Å². The lowest BCUT2D eigenvalue weighted by molar-refractivity contribution is -0.151. The van der Waals surface area contributed by atoms with Gasteiger partial charge in [0.1, 0.15) is 17.8 Å². The molecule has 0 saturated heterocycles. The molecule has 0 bridgehead atoms. The Morgan fingerprint density at radius 3 is 2.59 bits per heavy atom. The first-order valence-corrected chi connectivity index (χ1v) is 12.0. The molecule has 32 heavy (non-hydrogen) atoms. The molecule has 0 spiro atoms. The molecule has 0 unspecified atom stereocenters. The van der Waals surface area contributed by atoms with Gasteiger partial charge < -0.3 is 9.47 Å². The molecule has 1 heterocycles. The Labute approximate surface area is 191 Å². The van der Waals surface area contributed by atoms with Gasteiger partial charge in [0, 0.05) is 34.9 Å². The molecule has 0 amide bonds. The second-order valence-corrected chi connectivity index (χ2v) is 10.2. The molecule has 1 saturated carbocycles. The van der Waals surface area contributed by atoms with Gasteiger partial charge in [0.2, 0.25) is 0 Å². The normalized spacial score (nSPS) is 25.4. The molecule has 2 atom stereocenters. The minimum atomic E-state index is -0.606. The average molecular weight is 438 g/mol. The Bertz CT molecular complexity index is 952. The van der Waals surface area contributed by atoms with Crippen molar-refractivity contribution in [2.45, 2.75) is 84.7 Å². The van der Waals surface area contributed by atoms with Crippen LogP contribution in [0.4, 0.5) is 0 Å². The quantitative estimate of drug-likeness (QED) is 0.529. The number of benzene rings is 1. The topological polar surface area (TPSA) is 65.0 Å².